The number of carboxylic acids is 1. The van der Waals surface area contributed by atoms with Crippen LogP contribution in [0, 0.1) is 11.8 Å². The van der Waals surface area contributed by atoms with Crippen LogP contribution >= 0.6 is 0 Å². The van der Waals surface area contributed by atoms with E-state index in [1.807, 2.05) is 0 Å². The summed E-state index contributed by atoms with van der Waals surface area (Å²) in [6.45, 7) is 0. The van der Waals surface area contributed by atoms with Gasteiger partial charge in [0.25, 0.3) is 0 Å². The summed E-state index contributed by atoms with van der Waals surface area (Å²) in [6.07, 6.45) is 3.41. The Kier molecular flexibility index (Phi) is 2.32. The van der Waals surface area contributed by atoms with Crippen LogP contribution in [0.4, 0.5) is 5.95 Å². The highest BCUT2D eigenvalue weighted by atomic mass is 16.4. The predicted octanol–water partition coefficient (Wildman–Crippen LogP) is 0.136. The molecular weight excluding hydrogens is 198 g/mol. The Hall–Kier alpha value is -1.98. The standard InChI is InChI=1S/C9H9N3O3/c13-7(5-4-6(5)8(14)15)12-9-10-2-1-3-11-9/h1-3,5-6H,4H2,(H,14,15)(H,10,11,12,13)/t5-,6+/m0/s1. The molecule has 0 saturated heterocycles. The average Bonchev–Trinajstić information content (AvgIpc) is 2.98. The zero-order valence-corrected chi connectivity index (χ0v) is 7.75. The van der Waals surface area contributed by atoms with Gasteiger partial charge in [-0.15, -0.1) is 0 Å². The summed E-state index contributed by atoms with van der Waals surface area (Å²) in [5.74, 6) is -2.03. The molecule has 2 rings (SSSR count). The summed E-state index contributed by atoms with van der Waals surface area (Å²) >= 11 is 0. The Morgan fingerprint density at radius 2 is 2.00 bits per heavy atom. The topological polar surface area (TPSA) is 92.2 Å². The van der Waals surface area contributed by atoms with Crippen LogP contribution in [-0.2, 0) is 9.59 Å². The number of carboxylic acid groups (broad SMARTS) is 1. The van der Waals surface area contributed by atoms with Gasteiger partial charge in [0.15, 0.2) is 0 Å². The Balaban J connectivity index is 1.92. The van der Waals surface area contributed by atoms with Crippen molar-refractivity contribution >= 4 is 17.8 Å². The number of nitrogens with zero attached hydrogens (tertiary/aromatic N) is 2. The normalized spacial score (nSPS) is 23.2. The summed E-state index contributed by atoms with van der Waals surface area (Å²) in [4.78, 5) is 29.6. The molecule has 1 saturated carbocycles. The number of nitrogens with one attached hydrogen (secondary N) is 1. The largest absolute Gasteiger partial charge is 0.481 e. The van der Waals surface area contributed by atoms with Crippen molar-refractivity contribution in [3.8, 4) is 0 Å². The first-order valence-electron chi connectivity index (χ1n) is 4.49. The van der Waals surface area contributed by atoms with Crippen LogP contribution in [0.15, 0.2) is 18.5 Å². The zero-order chi connectivity index (χ0) is 10.8. The second kappa shape index (κ2) is 3.64. The lowest BCUT2D eigenvalue weighted by atomic mass is 10.3. The fourth-order valence-electron chi connectivity index (χ4n) is 1.32. The van der Waals surface area contributed by atoms with E-state index in [0.29, 0.717) is 6.42 Å². The lowest BCUT2D eigenvalue weighted by molar-refractivity contribution is -0.139. The third kappa shape index (κ3) is 2.09. The van der Waals surface area contributed by atoms with E-state index in [-0.39, 0.29) is 11.9 Å². The molecule has 0 bridgehead atoms. The predicted molar refractivity (Wildman–Crippen MR) is 49.9 cm³/mol. The van der Waals surface area contributed by atoms with Gasteiger partial charge >= 0.3 is 5.97 Å². The van der Waals surface area contributed by atoms with Gasteiger partial charge in [0.2, 0.25) is 11.9 Å². The number of amides is 1. The van der Waals surface area contributed by atoms with Crippen LogP contribution in [0.1, 0.15) is 6.42 Å². The van der Waals surface area contributed by atoms with Crippen molar-refractivity contribution in [1.29, 1.82) is 0 Å². The van der Waals surface area contributed by atoms with Crippen molar-refractivity contribution in [3.05, 3.63) is 18.5 Å². The first-order valence-corrected chi connectivity index (χ1v) is 4.49. The lowest BCUT2D eigenvalue weighted by Crippen LogP contribution is -2.18. The van der Waals surface area contributed by atoms with Gasteiger partial charge in [0.1, 0.15) is 0 Å². The number of hydrogen-bond acceptors (Lipinski definition) is 4. The number of rotatable bonds is 3. The molecule has 1 amide bonds. The van der Waals surface area contributed by atoms with Crippen LogP contribution < -0.4 is 5.32 Å². The molecule has 78 valence electrons. The van der Waals surface area contributed by atoms with Gasteiger partial charge in [-0.1, -0.05) is 0 Å². The van der Waals surface area contributed by atoms with Crippen LogP contribution in [0.5, 0.6) is 0 Å². The molecule has 6 nitrogen and oxygen atoms in total. The van der Waals surface area contributed by atoms with Crippen molar-refractivity contribution in [2.45, 2.75) is 6.42 Å². The van der Waals surface area contributed by atoms with Crippen LogP contribution in [0.3, 0.4) is 0 Å². The molecular formula is C9H9N3O3. The molecule has 15 heavy (non-hydrogen) atoms. The highest BCUT2D eigenvalue weighted by Crippen LogP contribution is 2.39. The number of aliphatic carboxylic acids is 1. The molecule has 1 aromatic heterocycles. The van der Waals surface area contributed by atoms with E-state index in [0.717, 1.165) is 0 Å². The molecule has 0 aliphatic heterocycles. The first kappa shape index (κ1) is 9.57. The van der Waals surface area contributed by atoms with E-state index in [2.05, 4.69) is 15.3 Å². The van der Waals surface area contributed by atoms with Crippen LogP contribution in [-0.4, -0.2) is 27.0 Å². The number of aromatic nitrogens is 2. The molecule has 1 heterocycles. The van der Waals surface area contributed by atoms with Crippen molar-refractivity contribution in [2.75, 3.05) is 5.32 Å². The molecule has 2 atom stereocenters. The fraction of sp³-hybridized carbons (Fsp3) is 0.333. The minimum atomic E-state index is -0.927. The monoisotopic (exact) mass is 207 g/mol. The smallest absolute Gasteiger partial charge is 0.307 e. The minimum absolute atomic E-state index is 0.207. The van der Waals surface area contributed by atoms with Crippen molar-refractivity contribution in [3.63, 3.8) is 0 Å². The Morgan fingerprint density at radius 1 is 1.33 bits per heavy atom. The summed E-state index contributed by atoms with van der Waals surface area (Å²) in [6, 6.07) is 1.63. The van der Waals surface area contributed by atoms with Gasteiger partial charge in [-0.05, 0) is 12.5 Å². The molecule has 0 radical (unpaired) electrons. The number of carbonyl (C=O) groups excluding carboxylic acids is 1. The zero-order valence-electron chi connectivity index (χ0n) is 7.75. The van der Waals surface area contributed by atoms with Gasteiger partial charge in [0.05, 0.1) is 11.8 Å². The molecule has 0 spiro atoms. The van der Waals surface area contributed by atoms with E-state index in [1.165, 1.54) is 12.4 Å². The Morgan fingerprint density at radius 3 is 2.53 bits per heavy atom. The second-order valence-corrected chi connectivity index (χ2v) is 3.35. The lowest BCUT2D eigenvalue weighted by Gasteiger charge is -2.00. The van der Waals surface area contributed by atoms with Gasteiger partial charge in [-0.3, -0.25) is 14.9 Å². The maximum atomic E-state index is 11.4. The summed E-state index contributed by atoms with van der Waals surface area (Å²) < 4.78 is 0. The average molecular weight is 207 g/mol. The van der Waals surface area contributed by atoms with Crippen molar-refractivity contribution in [2.24, 2.45) is 11.8 Å². The third-order valence-electron chi connectivity index (χ3n) is 2.25. The van der Waals surface area contributed by atoms with E-state index in [1.54, 1.807) is 6.07 Å². The minimum Gasteiger partial charge on any atom is -0.481 e. The number of hydrogen-bond donors (Lipinski definition) is 2. The van der Waals surface area contributed by atoms with Gasteiger partial charge in [-0.2, -0.15) is 0 Å². The number of carbonyl (C=O) groups is 2. The molecule has 1 fully saturated rings. The SMILES string of the molecule is O=C(Nc1ncccn1)[C@H]1C[C@H]1C(=O)O. The van der Waals surface area contributed by atoms with Gasteiger partial charge in [0, 0.05) is 12.4 Å². The Labute approximate surface area is 85.4 Å². The van der Waals surface area contributed by atoms with Gasteiger partial charge < -0.3 is 5.11 Å². The molecule has 0 unspecified atom stereocenters. The van der Waals surface area contributed by atoms with E-state index >= 15 is 0 Å². The molecule has 1 aliphatic rings. The van der Waals surface area contributed by atoms with E-state index < -0.39 is 17.8 Å². The van der Waals surface area contributed by atoms with Crippen molar-refractivity contribution < 1.29 is 14.7 Å². The molecule has 1 aliphatic carbocycles. The summed E-state index contributed by atoms with van der Waals surface area (Å²) in [5, 5.41) is 11.1. The van der Waals surface area contributed by atoms with E-state index in [4.69, 9.17) is 5.11 Å². The number of anilines is 1. The highest BCUT2D eigenvalue weighted by Gasteiger charge is 2.48. The van der Waals surface area contributed by atoms with Crippen molar-refractivity contribution in [1.82, 2.24) is 9.97 Å². The quantitative estimate of drug-likeness (QED) is 0.735. The fourth-order valence-corrected chi connectivity index (χ4v) is 1.32. The Bertz CT molecular complexity index is 393. The van der Waals surface area contributed by atoms with E-state index in [9.17, 15) is 9.59 Å². The molecule has 6 heteroatoms. The second-order valence-electron chi connectivity index (χ2n) is 3.35. The van der Waals surface area contributed by atoms with Crippen LogP contribution in [0.25, 0.3) is 0 Å². The molecule has 2 N–H and O–H groups in total. The maximum Gasteiger partial charge on any atom is 0.307 e. The highest BCUT2D eigenvalue weighted by molar-refractivity contribution is 5.97. The molecule has 0 aromatic carbocycles. The van der Waals surface area contributed by atoms with Gasteiger partial charge in [-0.25, -0.2) is 9.97 Å². The van der Waals surface area contributed by atoms with Crippen LogP contribution in [0.2, 0.25) is 0 Å². The third-order valence-corrected chi connectivity index (χ3v) is 2.25. The summed E-state index contributed by atoms with van der Waals surface area (Å²) in [7, 11) is 0. The first-order chi connectivity index (χ1) is 7.18. The summed E-state index contributed by atoms with van der Waals surface area (Å²) in [5.41, 5.74) is 0. The maximum absolute atomic E-state index is 11.4. The molecule has 1 aromatic rings.